The molecule has 0 bridgehead atoms. The molecule has 1 unspecified atom stereocenters. The molecule has 0 spiro atoms. The van der Waals surface area contributed by atoms with E-state index in [1.165, 1.54) is 29.5 Å². The molecule has 0 aliphatic rings. The van der Waals surface area contributed by atoms with Gasteiger partial charge >= 0.3 is 0 Å². The van der Waals surface area contributed by atoms with Crippen molar-refractivity contribution < 1.29 is 9.50 Å². The van der Waals surface area contributed by atoms with Gasteiger partial charge in [-0.15, -0.1) is 11.3 Å². The van der Waals surface area contributed by atoms with E-state index in [9.17, 15) is 9.50 Å². The van der Waals surface area contributed by atoms with Crippen molar-refractivity contribution in [2.24, 2.45) is 0 Å². The van der Waals surface area contributed by atoms with Gasteiger partial charge in [-0.3, -0.25) is 0 Å². The number of hydrogen-bond acceptors (Lipinski definition) is 2. The van der Waals surface area contributed by atoms with Crippen LogP contribution in [-0.4, -0.2) is 5.11 Å². The first kappa shape index (κ1) is 14.3. The van der Waals surface area contributed by atoms with Gasteiger partial charge < -0.3 is 5.11 Å². The van der Waals surface area contributed by atoms with Crippen LogP contribution in [0.2, 0.25) is 9.36 Å². The van der Waals surface area contributed by atoms with Crippen molar-refractivity contribution in [2.45, 2.75) is 12.5 Å². The van der Waals surface area contributed by atoms with E-state index in [2.05, 4.69) is 15.9 Å². The van der Waals surface area contributed by atoms with Gasteiger partial charge in [0.2, 0.25) is 0 Å². The Hall–Kier alpha value is -0.130. The highest BCUT2D eigenvalue weighted by Gasteiger charge is 2.16. The SMILES string of the molecule is OC(Cc1cc(Cl)ccc1F)c1cc(Br)c(Cl)s1. The number of benzene rings is 1. The maximum absolute atomic E-state index is 13.5. The fourth-order valence-corrected chi connectivity index (χ4v) is 3.45. The summed E-state index contributed by atoms with van der Waals surface area (Å²) in [6.07, 6.45) is -0.637. The van der Waals surface area contributed by atoms with Crippen molar-refractivity contribution in [1.29, 1.82) is 0 Å². The Kier molecular flexibility index (Phi) is 4.67. The molecule has 1 aromatic carbocycles. The molecule has 0 radical (unpaired) electrons. The summed E-state index contributed by atoms with van der Waals surface area (Å²) in [7, 11) is 0. The molecule has 1 nitrogen and oxygen atoms in total. The Labute approximate surface area is 126 Å². The highest BCUT2D eigenvalue weighted by molar-refractivity contribution is 9.10. The molecule has 0 aliphatic carbocycles. The smallest absolute Gasteiger partial charge is 0.126 e. The fraction of sp³-hybridized carbons (Fsp3) is 0.167. The molecule has 0 amide bonds. The lowest BCUT2D eigenvalue weighted by molar-refractivity contribution is 0.181. The van der Waals surface area contributed by atoms with Gasteiger partial charge in [0.1, 0.15) is 10.2 Å². The van der Waals surface area contributed by atoms with Crippen LogP contribution in [0.15, 0.2) is 28.7 Å². The second-order valence-corrected chi connectivity index (χ2v) is 6.70. The molecule has 0 fully saturated rings. The van der Waals surface area contributed by atoms with Crippen LogP contribution in [0.5, 0.6) is 0 Å². The maximum Gasteiger partial charge on any atom is 0.126 e. The van der Waals surface area contributed by atoms with E-state index >= 15 is 0 Å². The Morgan fingerprint density at radius 2 is 2.06 bits per heavy atom. The lowest BCUT2D eigenvalue weighted by atomic mass is 10.1. The molecule has 0 saturated heterocycles. The van der Waals surface area contributed by atoms with E-state index in [0.29, 0.717) is 19.8 Å². The molecule has 0 aliphatic heterocycles. The van der Waals surface area contributed by atoms with Crippen molar-refractivity contribution in [2.75, 3.05) is 0 Å². The summed E-state index contributed by atoms with van der Waals surface area (Å²) in [5, 5.41) is 10.5. The molecular weight excluding hydrogens is 362 g/mol. The normalized spacial score (nSPS) is 12.7. The molecule has 96 valence electrons. The fourth-order valence-electron chi connectivity index (χ4n) is 1.54. The Morgan fingerprint density at radius 1 is 1.33 bits per heavy atom. The van der Waals surface area contributed by atoms with Gasteiger partial charge in [-0.05, 0) is 45.8 Å². The van der Waals surface area contributed by atoms with E-state index < -0.39 is 6.10 Å². The van der Waals surface area contributed by atoms with Crippen LogP contribution in [0.3, 0.4) is 0 Å². The van der Waals surface area contributed by atoms with Crippen LogP contribution < -0.4 is 0 Å². The lowest BCUT2D eigenvalue weighted by Crippen LogP contribution is -2.01. The summed E-state index contributed by atoms with van der Waals surface area (Å²) >= 11 is 16.2. The predicted octanol–water partition coefficient (Wildman–Crippen LogP) is 5.23. The first-order valence-corrected chi connectivity index (χ1v) is 7.40. The zero-order chi connectivity index (χ0) is 13.3. The van der Waals surface area contributed by atoms with Gasteiger partial charge in [-0.1, -0.05) is 23.2 Å². The topological polar surface area (TPSA) is 20.2 Å². The second-order valence-electron chi connectivity index (χ2n) is 3.73. The van der Waals surface area contributed by atoms with Crippen LogP contribution >= 0.6 is 50.5 Å². The molecule has 1 aromatic heterocycles. The molecule has 1 heterocycles. The maximum atomic E-state index is 13.5. The number of aliphatic hydroxyl groups excluding tert-OH is 1. The van der Waals surface area contributed by atoms with Crippen molar-refractivity contribution in [3.8, 4) is 0 Å². The number of halogens is 4. The van der Waals surface area contributed by atoms with Crippen LogP contribution in [0.1, 0.15) is 16.5 Å². The monoisotopic (exact) mass is 368 g/mol. The zero-order valence-electron chi connectivity index (χ0n) is 8.96. The van der Waals surface area contributed by atoms with E-state index in [4.69, 9.17) is 23.2 Å². The molecular formula is C12H8BrCl2FOS. The van der Waals surface area contributed by atoms with Gasteiger partial charge in [0.15, 0.2) is 0 Å². The zero-order valence-corrected chi connectivity index (χ0v) is 12.9. The third kappa shape index (κ3) is 3.25. The number of aliphatic hydroxyl groups is 1. The van der Waals surface area contributed by atoms with Crippen LogP contribution in [-0.2, 0) is 6.42 Å². The molecule has 2 aromatic rings. The predicted molar refractivity (Wildman–Crippen MR) is 77.1 cm³/mol. The van der Waals surface area contributed by atoms with Gasteiger partial charge in [-0.25, -0.2) is 4.39 Å². The van der Waals surface area contributed by atoms with Crippen LogP contribution in [0.25, 0.3) is 0 Å². The summed E-state index contributed by atoms with van der Waals surface area (Å²) in [5.74, 6) is -0.375. The third-order valence-corrected chi connectivity index (χ3v) is 5.22. The van der Waals surface area contributed by atoms with Gasteiger partial charge in [0.25, 0.3) is 0 Å². The number of hydrogen-bond donors (Lipinski definition) is 1. The summed E-state index contributed by atoms with van der Waals surface area (Å²) in [6.45, 7) is 0. The van der Waals surface area contributed by atoms with Gasteiger partial charge in [0.05, 0.1) is 6.10 Å². The second kappa shape index (κ2) is 5.88. The standard InChI is InChI=1S/C12H8BrCl2FOS/c13-8-5-11(18-12(8)15)10(17)4-6-3-7(14)1-2-9(6)16/h1-3,5,10,17H,4H2. The van der Waals surface area contributed by atoms with Crippen LogP contribution in [0.4, 0.5) is 4.39 Å². The highest BCUT2D eigenvalue weighted by atomic mass is 79.9. The summed E-state index contributed by atoms with van der Waals surface area (Å²) in [5.41, 5.74) is 0.385. The summed E-state index contributed by atoms with van der Waals surface area (Å²) in [4.78, 5) is 0.686. The average molecular weight is 370 g/mol. The Morgan fingerprint density at radius 3 is 2.67 bits per heavy atom. The van der Waals surface area contributed by atoms with E-state index in [1.807, 2.05) is 0 Å². The summed E-state index contributed by atoms with van der Waals surface area (Å²) < 4.78 is 14.8. The highest BCUT2D eigenvalue weighted by Crippen LogP contribution is 2.36. The van der Waals surface area contributed by atoms with Crippen LogP contribution in [0, 0.1) is 5.82 Å². The average Bonchev–Trinajstić information content (AvgIpc) is 2.64. The molecule has 1 atom stereocenters. The van der Waals surface area contributed by atoms with E-state index in [0.717, 1.165) is 4.47 Å². The van der Waals surface area contributed by atoms with Gasteiger partial charge in [0, 0.05) is 20.8 Å². The number of thiophene rings is 1. The number of rotatable bonds is 3. The third-order valence-electron chi connectivity index (χ3n) is 2.41. The molecule has 2 rings (SSSR count). The van der Waals surface area contributed by atoms with Gasteiger partial charge in [-0.2, -0.15) is 0 Å². The minimum atomic E-state index is -0.799. The molecule has 1 N–H and O–H groups in total. The molecule has 6 heteroatoms. The van der Waals surface area contributed by atoms with E-state index in [-0.39, 0.29) is 12.2 Å². The molecule has 18 heavy (non-hydrogen) atoms. The van der Waals surface area contributed by atoms with Crippen molar-refractivity contribution in [3.05, 3.63) is 54.4 Å². The van der Waals surface area contributed by atoms with E-state index in [1.54, 1.807) is 6.07 Å². The van der Waals surface area contributed by atoms with Crippen molar-refractivity contribution >= 4 is 50.5 Å². The van der Waals surface area contributed by atoms with Crippen molar-refractivity contribution in [1.82, 2.24) is 0 Å². The minimum absolute atomic E-state index is 0.162. The Balaban J connectivity index is 2.20. The largest absolute Gasteiger partial charge is 0.387 e. The minimum Gasteiger partial charge on any atom is -0.387 e. The first-order chi connectivity index (χ1) is 8.47. The quantitative estimate of drug-likeness (QED) is 0.784. The van der Waals surface area contributed by atoms with Crippen molar-refractivity contribution in [3.63, 3.8) is 0 Å². The molecule has 0 saturated carbocycles. The first-order valence-electron chi connectivity index (χ1n) is 5.04. The Bertz CT molecular complexity index is 554. The lowest BCUT2D eigenvalue weighted by Gasteiger charge is -2.09. The summed E-state index contributed by atoms with van der Waals surface area (Å²) in [6, 6.07) is 6.03.